The molecule has 2 aromatic carbocycles. The molecular formula is C19H22N2O5. The van der Waals surface area contributed by atoms with Crippen molar-refractivity contribution in [1.82, 2.24) is 0 Å². The molecule has 7 nitrogen and oxygen atoms in total. The van der Waals surface area contributed by atoms with Gasteiger partial charge in [0, 0.05) is 12.6 Å². The van der Waals surface area contributed by atoms with Crippen LogP contribution >= 0.6 is 0 Å². The minimum atomic E-state index is -0.370. The third kappa shape index (κ3) is 5.14. The molecule has 0 aromatic heterocycles. The van der Waals surface area contributed by atoms with Gasteiger partial charge in [0.25, 0.3) is 5.91 Å². The molecule has 0 saturated carbocycles. The first-order valence-electron chi connectivity index (χ1n) is 7.96. The van der Waals surface area contributed by atoms with E-state index in [9.17, 15) is 9.59 Å². The van der Waals surface area contributed by atoms with Crippen molar-refractivity contribution in [2.75, 3.05) is 31.5 Å². The lowest BCUT2D eigenvalue weighted by molar-refractivity contribution is -0.118. The maximum absolute atomic E-state index is 12.2. The van der Waals surface area contributed by atoms with Crippen LogP contribution in [0.1, 0.15) is 12.5 Å². The summed E-state index contributed by atoms with van der Waals surface area (Å²) in [6.45, 7) is 3.14. The van der Waals surface area contributed by atoms with Gasteiger partial charge >= 0.3 is 0 Å². The summed E-state index contributed by atoms with van der Waals surface area (Å²) in [6.07, 6.45) is 0. The van der Waals surface area contributed by atoms with Crippen molar-refractivity contribution in [3.63, 3.8) is 0 Å². The summed E-state index contributed by atoms with van der Waals surface area (Å²) in [4.78, 5) is 23.4. The average Bonchev–Trinajstić information content (AvgIpc) is 2.60. The minimum absolute atomic E-state index is 0.201. The van der Waals surface area contributed by atoms with Gasteiger partial charge in [-0.1, -0.05) is 6.07 Å². The van der Waals surface area contributed by atoms with Crippen LogP contribution in [0.15, 0.2) is 36.4 Å². The molecule has 0 aliphatic rings. The Morgan fingerprint density at radius 3 is 2.27 bits per heavy atom. The lowest BCUT2D eigenvalue weighted by Gasteiger charge is -2.14. The summed E-state index contributed by atoms with van der Waals surface area (Å²) in [5.41, 5.74) is 2.01. The van der Waals surface area contributed by atoms with E-state index < -0.39 is 0 Å². The van der Waals surface area contributed by atoms with Crippen LogP contribution in [0.4, 0.5) is 11.4 Å². The van der Waals surface area contributed by atoms with E-state index in [1.54, 1.807) is 31.4 Å². The number of nitrogens with one attached hydrogen (secondary N) is 2. The average molecular weight is 358 g/mol. The lowest BCUT2D eigenvalue weighted by Crippen LogP contribution is -2.21. The highest BCUT2D eigenvalue weighted by atomic mass is 16.5. The zero-order valence-electron chi connectivity index (χ0n) is 15.2. The van der Waals surface area contributed by atoms with Crippen LogP contribution in [0.3, 0.4) is 0 Å². The second-order valence-corrected chi connectivity index (χ2v) is 5.59. The number of benzene rings is 2. The lowest BCUT2D eigenvalue weighted by atomic mass is 10.2. The first kappa shape index (κ1) is 19.1. The van der Waals surface area contributed by atoms with Gasteiger partial charge in [0.1, 0.15) is 5.75 Å². The van der Waals surface area contributed by atoms with E-state index in [1.165, 1.54) is 14.0 Å². The Kier molecular flexibility index (Phi) is 6.43. The van der Waals surface area contributed by atoms with E-state index in [1.807, 2.05) is 19.1 Å². The summed E-state index contributed by atoms with van der Waals surface area (Å²) in [5, 5.41) is 5.37. The molecule has 0 heterocycles. The largest absolute Gasteiger partial charge is 0.495 e. The monoisotopic (exact) mass is 358 g/mol. The highest BCUT2D eigenvalue weighted by Crippen LogP contribution is 2.29. The zero-order chi connectivity index (χ0) is 19.1. The standard InChI is InChI=1S/C19H22N2O5/c1-12-5-7-17(18(9-12)25-4)26-11-19(23)21-15-10-14(20-13(2)22)6-8-16(15)24-3/h5-10H,11H2,1-4H3,(H,20,22)(H,21,23). The van der Waals surface area contributed by atoms with Crippen LogP contribution in [0.25, 0.3) is 0 Å². The first-order valence-corrected chi connectivity index (χ1v) is 7.96. The summed E-state index contributed by atoms with van der Waals surface area (Å²) < 4.78 is 16.0. The summed E-state index contributed by atoms with van der Waals surface area (Å²) in [6, 6.07) is 10.4. The maximum atomic E-state index is 12.2. The molecule has 0 atom stereocenters. The summed E-state index contributed by atoms with van der Waals surface area (Å²) in [5.74, 6) is 0.934. The fraction of sp³-hybridized carbons (Fsp3) is 0.263. The second kappa shape index (κ2) is 8.75. The van der Waals surface area contributed by atoms with Gasteiger partial charge in [-0.25, -0.2) is 0 Å². The van der Waals surface area contributed by atoms with E-state index >= 15 is 0 Å². The number of anilines is 2. The third-order valence-corrected chi connectivity index (χ3v) is 3.47. The molecule has 0 saturated heterocycles. The Morgan fingerprint density at radius 1 is 0.923 bits per heavy atom. The summed E-state index contributed by atoms with van der Waals surface area (Å²) in [7, 11) is 3.04. The van der Waals surface area contributed by atoms with Crippen molar-refractivity contribution in [3.05, 3.63) is 42.0 Å². The van der Waals surface area contributed by atoms with E-state index in [0.717, 1.165) is 5.56 Å². The molecule has 0 aliphatic carbocycles. The van der Waals surface area contributed by atoms with Gasteiger partial charge in [0.15, 0.2) is 18.1 Å². The van der Waals surface area contributed by atoms with Crippen LogP contribution < -0.4 is 24.8 Å². The van der Waals surface area contributed by atoms with Gasteiger partial charge in [-0.3, -0.25) is 9.59 Å². The Labute approximate surface area is 152 Å². The number of ether oxygens (including phenoxy) is 3. The SMILES string of the molecule is COc1ccc(NC(C)=O)cc1NC(=O)COc1ccc(C)cc1OC. The van der Waals surface area contributed by atoms with Gasteiger partial charge in [-0.05, 0) is 42.8 Å². The summed E-state index contributed by atoms with van der Waals surface area (Å²) >= 11 is 0. The number of carbonyl (C=O) groups is 2. The van der Waals surface area contributed by atoms with Gasteiger partial charge < -0.3 is 24.8 Å². The number of amides is 2. The molecule has 26 heavy (non-hydrogen) atoms. The normalized spacial score (nSPS) is 10.0. The topological polar surface area (TPSA) is 85.9 Å². The predicted octanol–water partition coefficient (Wildman–Crippen LogP) is 2.99. The first-order chi connectivity index (χ1) is 12.4. The number of methoxy groups -OCH3 is 2. The molecular weight excluding hydrogens is 336 g/mol. The van der Waals surface area contributed by atoms with Gasteiger partial charge in [0.05, 0.1) is 19.9 Å². The number of carbonyl (C=O) groups excluding carboxylic acids is 2. The maximum Gasteiger partial charge on any atom is 0.262 e. The fourth-order valence-electron chi connectivity index (χ4n) is 2.31. The molecule has 7 heteroatoms. The molecule has 2 rings (SSSR count). The Morgan fingerprint density at radius 2 is 1.62 bits per heavy atom. The minimum Gasteiger partial charge on any atom is -0.495 e. The van der Waals surface area contributed by atoms with Crippen molar-refractivity contribution < 1.29 is 23.8 Å². The zero-order valence-corrected chi connectivity index (χ0v) is 15.2. The number of rotatable bonds is 7. The second-order valence-electron chi connectivity index (χ2n) is 5.59. The van der Waals surface area contributed by atoms with Crippen LogP contribution in [0.2, 0.25) is 0 Å². The van der Waals surface area contributed by atoms with Crippen molar-refractivity contribution in [2.45, 2.75) is 13.8 Å². The molecule has 0 radical (unpaired) electrons. The molecule has 2 aromatic rings. The van der Waals surface area contributed by atoms with Crippen molar-refractivity contribution in [1.29, 1.82) is 0 Å². The number of aryl methyl sites for hydroxylation is 1. The molecule has 2 amide bonds. The number of hydrogen-bond acceptors (Lipinski definition) is 5. The molecule has 138 valence electrons. The van der Waals surface area contributed by atoms with Gasteiger partial charge in [-0.2, -0.15) is 0 Å². The van der Waals surface area contributed by atoms with E-state index in [2.05, 4.69) is 10.6 Å². The highest BCUT2D eigenvalue weighted by Gasteiger charge is 2.12. The third-order valence-electron chi connectivity index (χ3n) is 3.47. The van der Waals surface area contributed by atoms with Crippen LogP contribution in [-0.4, -0.2) is 32.6 Å². The van der Waals surface area contributed by atoms with E-state index in [0.29, 0.717) is 28.6 Å². The Balaban J connectivity index is 2.06. The number of hydrogen-bond donors (Lipinski definition) is 2. The molecule has 0 aliphatic heterocycles. The van der Waals surface area contributed by atoms with E-state index in [4.69, 9.17) is 14.2 Å². The molecule has 0 spiro atoms. The fourth-order valence-corrected chi connectivity index (χ4v) is 2.31. The van der Waals surface area contributed by atoms with Crippen molar-refractivity contribution in [3.8, 4) is 17.2 Å². The Hall–Kier alpha value is -3.22. The molecule has 0 fully saturated rings. The smallest absolute Gasteiger partial charge is 0.262 e. The van der Waals surface area contributed by atoms with Crippen LogP contribution in [-0.2, 0) is 9.59 Å². The van der Waals surface area contributed by atoms with Crippen LogP contribution in [0, 0.1) is 6.92 Å². The molecule has 0 unspecified atom stereocenters. The van der Waals surface area contributed by atoms with Gasteiger partial charge in [0.2, 0.25) is 5.91 Å². The molecule has 0 bridgehead atoms. The van der Waals surface area contributed by atoms with Crippen molar-refractivity contribution in [2.24, 2.45) is 0 Å². The quantitative estimate of drug-likeness (QED) is 0.795. The Bertz CT molecular complexity index is 805. The van der Waals surface area contributed by atoms with Crippen molar-refractivity contribution >= 4 is 23.2 Å². The van der Waals surface area contributed by atoms with Gasteiger partial charge in [-0.15, -0.1) is 0 Å². The van der Waals surface area contributed by atoms with Crippen LogP contribution in [0.5, 0.6) is 17.2 Å². The highest BCUT2D eigenvalue weighted by molar-refractivity contribution is 5.95. The molecule has 2 N–H and O–H groups in total. The predicted molar refractivity (Wildman–Crippen MR) is 99.2 cm³/mol. The van der Waals surface area contributed by atoms with E-state index in [-0.39, 0.29) is 18.4 Å².